The molecule has 33 heavy (non-hydrogen) atoms. The zero-order valence-electron chi connectivity index (χ0n) is 18.6. The summed E-state index contributed by atoms with van der Waals surface area (Å²) < 4.78 is 3.55. The SMILES string of the molecule is C[Si](c1ccccc1)=[Zr+2]([C]1=CC(c2ccccc2)=CC1)[C]1=CC(c2ccccc2)=CC1.[Cl-].[Cl-]. The Morgan fingerprint density at radius 3 is 1.39 bits per heavy atom. The minimum Gasteiger partial charge on any atom is -1.00 e. The van der Waals surface area contributed by atoms with E-state index >= 15 is 0 Å². The van der Waals surface area contributed by atoms with Crippen molar-refractivity contribution in [2.75, 3.05) is 0 Å². The first-order valence-corrected chi connectivity index (χ1v) is 19.1. The van der Waals surface area contributed by atoms with Gasteiger partial charge >= 0.3 is 195 Å². The predicted octanol–water partition coefficient (Wildman–Crippen LogP) is 0.884. The molecule has 0 fully saturated rings. The van der Waals surface area contributed by atoms with Crippen LogP contribution in [0.25, 0.3) is 11.1 Å². The van der Waals surface area contributed by atoms with E-state index in [1.165, 1.54) is 22.3 Å². The van der Waals surface area contributed by atoms with Crippen molar-refractivity contribution in [2.24, 2.45) is 0 Å². The predicted molar refractivity (Wildman–Crippen MR) is 132 cm³/mol. The molecule has 0 nitrogen and oxygen atoms in total. The zero-order valence-corrected chi connectivity index (χ0v) is 23.6. The van der Waals surface area contributed by atoms with Crippen LogP contribution in [0.2, 0.25) is 6.55 Å². The van der Waals surface area contributed by atoms with Crippen molar-refractivity contribution in [2.45, 2.75) is 19.4 Å². The molecule has 0 unspecified atom stereocenters. The number of allylic oxidation sites excluding steroid dienone is 8. The average molecular weight is 565 g/mol. The monoisotopic (exact) mass is 562 g/mol. The van der Waals surface area contributed by atoms with E-state index in [0.29, 0.717) is 0 Å². The normalized spacial score (nSPS) is 13.9. The molecule has 2 aliphatic carbocycles. The maximum Gasteiger partial charge on any atom is -1.00 e. The van der Waals surface area contributed by atoms with Crippen LogP contribution in [0.4, 0.5) is 0 Å². The summed E-state index contributed by atoms with van der Waals surface area (Å²) in [7, 11) is 0. The van der Waals surface area contributed by atoms with E-state index in [1.54, 1.807) is 11.7 Å². The van der Waals surface area contributed by atoms with Gasteiger partial charge in [0.1, 0.15) is 0 Å². The quantitative estimate of drug-likeness (QED) is 0.404. The van der Waals surface area contributed by atoms with E-state index in [2.05, 4.69) is 122 Å². The number of hydrogen-bond acceptors (Lipinski definition) is 0. The van der Waals surface area contributed by atoms with Gasteiger partial charge in [0.15, 0.2) is 0 Å². The minimum absolute atomic E-state index is 0. The molecular formula is C29H26Cl2SiZr. The second-order valence-corrected chi connectivity index (χ2v) is 23.5. The van der Waals surface area contributed by atoms with E-state index in [4.69, 9.17) is 0 Å². The van der Waals surface area contributed by atoms with E-state index in [-0.39, 0.29) is 24.8 Å². The first-order valence-electron chi connectivity index (χ1n) is 11.0. The van der Waals surface area contributed by atoms with E-state index in [9.17, 15) is 0 Å². The Hall–Kier alpha value is -1.70. The number of halogens is 2. The summed E-state index contributed by atoms with van der Waals surface area (Å²) in [6.07, 6.45) is 12.3. The van der Waals surface area contributed by atoms with Crippen molar-refractivity contribution >= 4 is 21.8 Å². The Morgan fingerprint density at radius 2 is 0.970 bits per heavy atom. The third-order valence-corrected chi connectivity index (χ3v) is 24.5. The molecule has 0 radical (unpaired) electrons. The van der Waals surface area contributed by atoms with Gasteiger partial charge in [-0.15, -0.1) is 0 Å². The van der Waals surface area contributed by atoms with Crippen LogP contribution >= 0.6 is 0 Å². The third kappa shape index (κ3) is 5.87. The van der Waals surface area contributed by atoms with Crippen LogP contribution in [0.3, 0.4) is 0 Å². The molecule has 0 aromatic heterocycles. The molecule has 164 valence electrons. The summed E-state index contributed by atoms with van der Waals surface area (Å²) in [5, 5.41) is 1.60. The zero-order chi connectivity index (χ0) is 21.0. The van der Waals surface area contributed by atoms with E-state index < -0.39 is 25.8 Å². The standard InChI is InChI=1S/2C11H9.C7H8Si.2ClH.Zr/c2*1-2-6-10(7-3-1)11-8-4-5-9-11;1-8-7-5-3-2-4-6-7;;;/h2*1-3,6-9H,4H2;2-6H,1H3;2*1H;/q;;;;;+2/p-2. The Kier molecular flexibility index (Phi) is 9.53. The molecule has 0 bridgehead atoms. The third-order valence-electron chi connectivity index (χ3n) is 6.18. The molecule has 4 heteroatoms. The Bertz CT molecular complexity index is 1180. The second-order valence-electron chi connectivity index (χ2n) is 8.16. The smallest absolute Gasteiger partial charge is 1.00 e. The molecule has 0 aliphatic heterocycles. The van der Waals surface area contributed by atoms with Crippen molar-refractivity contribution in [3.8, 4) is 0 Å². The molecule has 0 spiro atoms. The van der Waals surface area contributed by atoms with Gasteiger partial charge in [-0.05, 0) is 0 Å². The maximum atomic E-state index is 2.58. The number of hydrogen-bond donors (Lipinski definition) is 0. The molecule has 0 heterocycles. The summed E-state index contributed by atoms with van der Waals surface area (Å²) in [4.78, 5) is 0. The van der Waals surface area contributed by atoms with E-state index in [1.807, 2.05) is 0 Å². The topological polar surface area (TPSA) is 0 Å². The fraction of sp³-hybridized carbons (Fsp3) is 0.103. The Labute approximate surface area is 217 Å². The summed E-state index contributed by atoms with van der Waals surface area (Å²) in [5.41, 5.74) is 4.97. The molecule has 0 saturated heterocycles. The number of rotatable bonds is 5. The number of benzene rings is 3. The molecule has 0 amide bonds. The maximum absolute atomic E-state index is 2.58. The first kappa shape index (κ1) is 25.9. The van der Waals surface area contributed by atoms with Gasteiger partial charge in [0.2, 0.25) is 0 Å². The fourth-order valence-electron chi connectivity index (χ4n) is 4.58. The summed E-state index contributed by atoms with van der Waals surface area (Å²) >= 11 is -2.00. The fourth-order valence-corrected chi connectivity index (χ4v) is 23.0. The molecule has 5 rings (SSSR count). The van der Waals surface area contributed by atoms with Crippen LogP contribution in [-0.2, 0) is 20.4 Å². The van der Waals surface area contributed by atoms with Gasteiger partial charge in [-0.1, -0.05) is 0 Å². The molecule has 3 aromatic carbocycles. The van der Waals surface area contributed by atoms with Gasteiger partial charge in [-0.25, -0.2) is 0 Å². The Balaban J connectivity index is 0.00000153. The minimum atomic E-state index is -2.00. The van der Waals surface area contributed by atoms with Crippen LogP contribution < -0.4 is 30.0 Å². The second kappa shape index (κ2) is 12.1. The van der Waals surface area contributed by atoms with Crippen LogP contribution in [0.15, 0.2) is 122 Å². The van der Waals surface area contributed by atoms with Gasteiger partial charge in [0.05, 0.1) is 0 Å². The largest absolute Gasteiger partial charge is 1.00 e. The van der Waals surface area contributed by atoms with Gasteiger partial charge in [0.25, 0.3) is 0 Å². The van der Waals surface area contributed by atoms with Crippen LogP contribution in [0.5, 0.6) is 0 Å². The summed E-state index contributed by atoms with van der Waals surface area (Å²) in [6.45, 7) is 2.58. The van der Waals surface area contributed by atoms with Crippen LogP contribution in [0, 0.1) is 0 Å². The molecule has 0 atom stereocenters. The molecule has 0 saturated carbocycles. The summed E-state index contributed by atoms with van der Waals surface area (Å²) in [5.74, 6) is 0. The van der Waals surface area contributed by atoms with Crippen molar-refractivity contribution in [1.29, 1.82) is 0 Å². The molecule has 2 aliphatic rings. The summed E-state index contributed by atoms with van der Waals surface area (Å²) in [6, 6.07) is 33.1. The molecule has 3 aromatic rings. The van der Waals surface area contributed by atoms with Gasteiger partial charge in [-0.3, -0.25) is 0 Å². The van der Waals surface area contributed by atoms with E-state index in [0.717, 1.165) is 12.8 Å². The van der Waals surface area contributed by atoms with Crippen LogP contribution in [-0.4, -0.2) is 5.43 Å². The van der Waals surface area contributed by atoms with Gasteiger partial charge in [0, 0.05) is 0 Å². The van der Waals surface area contributed by atoms with Crippen molar-refractivity contribution in [3.05, 3.63) is 133 Å². The van der Waals surface area contributed by atoms with Gasteiger partial charge < -0.3 is 24.8 Å². The van der Waals surface area contributed by atoms with Crippen molar-refractivity contribution < 1.29 is 45.2 Å². The molecular weight excluding hydrogens is 539 g/mol. The van der Waals surface area contributed by atoms with Crippen molar-refractivity contribution in [3.63, 3.8) is 0 Å². The van der Waals surface area contributed by atoms with Crippen LogP contribution in [0.1, 0.15) is 24.0 Å². The average Bonchev–Trinajstić information content (AvgIpc) is 3.52. The molecule has 0 N–H and O–H groups in total. The Morgan fingerprint density at radius 1 is 0.576 bits per heavy atom. The van der Waals surface area contributed by atoms with Gasteiger partial charge in [-0.2, -0.15) is 0 Å². The first-order chi connectivity index (χ1) is 15.3. The van der Waals surface area contributed by atoms with Crippen molar-refractivity contribution in [1.82, 2.24) is 0 Å².